The van der Waals surface area contributed by atoms with Gasteiger partial charge in [-0.25, -0.2) is 14.4 Å². The molecule has 1 amide bonds. The molecule has 0 bridgehead atoms. The summed E-state index contributed by atoms with van der Waals surface area (Å²) in [6, 6.07) is 5.61. The Hall–Kier alpha value is -3.55. The number of rotatable bonds is 3. The second kappa shape index (κ2) is 5.98. The first-order valence-electron chi connectivity index (χ1n) is 8.92. The van der Waals surface area contributed by atoms with Crippen molar-refractivity contribution in [2.45, 2.75) is 12.6 Å². The van der Waals surface area contributed by atoms with E-state index >= 15 is 0 Å². The highest BCUT2D eigenvalue weighted by atomic mass is 19.1. The van der Waals surface area contributed by atoms with E-state index in [0.717, 1.165) is 21.9 Å². The predicted molar refractivity (Wildman–Crippen MR) is 105 cm³/mol. The predicted octanol–water partition coefficient (Wildman–Crippen LogP) is 3.06. The van der Waals surface area contributed by atoms with Crippen molar-refractivity contribution < 1.29 is 9.18 Å². The van der Waals surface area contributed by atoms with Gasteiger partial charge < -0.3 is 15.6 Å². The van der Waals surface area contributed by atoms with Gasteiger partial charge in [0.05, 0.1) is 17.1 Å². The summed E-state index contributed by atoms with van der Waals surface area (Å²) in [5.74, 6) is -0.214. The van der Waals surface area contributed by atoms with E-state index in [1.807, 2.05) is 29.9 Å². The van der Waals surface area contributed by atoms with Gasteiger partial charge in [0.25, 0.3) is 0 Å². The zero-order valence-electron chi connectivity index (χ0n) is 15.1. The number of aryl methyl sites for hydroxylation is 1. The van der Waals surface area contributed by atoms with Gasteiger partial charge in [-0.2, -0.15) is 0 Å². The van der Waals surface area contributed by atoms with Crippen molar-refractivity contribution in [1.29, 1.82) is 0 Å². The van der Waals surface area contributed by atoms with Crippen molar-refractivity contribution in [1.82, 2.24) is 19.5 Å². The second-order valence-electron chi connectivity index (χ2n) is 7.08. The second-order valence-corrected chi connectivity index (χ2v) is 7.08. The maximum absolute atomic E-state index is 13.1. The molecule has 7 nitrogen and oxygen atoms in total. The Labute approximate surface area is 159 Å². The third-order valence-corrected chi connectivity index (χ3v) is 5.10. The highest BCUT2D eigenvalue weighted by Gasteiger charge is 2.43. The molecule has 2 atom stereocenters. The van der Waals surface area contributed by atoms with Crippen molar-refractivity contribution in [3.63, 3.8) is 0 Å². The molecule has 140 valence electrons. The number of hydrogen-bond donors (Lipinski definition) is 2. The summed E-state index contributed by atoms with van der Waals surface area (Å²) in [4.78, 5) is 25.0. The fourth-order valence-electron chi connectivity index (χ4n) is 3.47. The van der Waals surface area contributed by atoms with E-state index in [9.17, 15) is 9.18 Å². The summed E-state index contributed by atoms with van der Waals surface area (Å²) in [5.41, 5.74) is 8.71. The molecule has 28 heavy (non-hydrogen) atoms. The van der Waals surface area contributed by atoms with Crippen LogP contribution in [0.2, 0.25) is 0 Å². The van der Waals surface area contributed by atoms with Crippen LogP contribution in [0.5, 0.6) is 0 Å². The first kappa shape index (κ1) is 16.6. The number of nitrogens with one attached hydrogen (secondary N) is 1. The summed E-state index contributed by atoms with van der Waals surface area (Å²) in [6.45, 7) is 0. The van der Waals surface area contributed by atoms with Gasteiger partial charge in [0.2, 0.25) is 5.91 Å². The van der Waals surface area contributed by atoms with Gasteiger partial charge in [-0.1, -0.05) is 0 Å². The van der Waals surface area contributed by atoms with Crippen LogP contribution in [0, 0.1) is 5.92 Å². The SMILES string of the molecule is Cn1ccc2cncc(-c3cc4cc(NC(=O)[C@H]5C[C@H]5F)ncc4c(N)n3)c21. The number of pyridine rings is 3. The number of anilines is 2. The van der Waals surface area contributed by atoms with Crippen molar-refractivity contribution in [2.75, 3.05) is 11.1 Å². The molecule has 0 aromatic carbocycles. The molecule has 1 aliphatic carbocycles. The quantitative estimate of drug-likeness (QED) is 0.573. The largest absolute Gasteiger partial charge is 0.383 e. The Morgan fingerprint density at radius 2 is 2.11 bits per heavy atom. The minimum atomic E-state index is -1.05. The minimum Gasteiger partial charge on any atom is -0.383 e. The number of halogens is 1. The Balaban J connectivity index is 1.60. The van der Waals surface area contributed by atoms with E-state index in [1.54, 1.807) is 24.7 Å². The van der Waals surface area contributed by atoms with Gasteiger partial charge >= 0.3 is 0 Å². The number of nitrogens with two attached hydrogens (primary N) is 1. The molecule has 0 unspecified atom stereocenters. The van der Waals surface area contributed by atoms with E-state index in [1.165, 1.54) is 0 Å². The van der Waals surface area contributed by atoms with Gasteiger partial charge in [0.1, 0.15) is 17.8 Å². The summed E-state index contributed by atoms with van der Waals surface area (Å²) in [7, 11) is 1.96. The van der Waals surface area contributed by atoms with Crippen molar-refractivity contribution in [2.24, 2.45) is 13.0 Å². The summed E-state index contributed by atoms with van der Waals surface area (Å²) < 4.78 is 15.1. The Kier molecular flexibility index (Phi) is 3.55. The first-order chi connectivity index (χ1) is 13.5. The van der Waals surface area contributed by atoms with Crippen LogP contribution in [-0.2, 0) is 11.8 Å². The van der Waals surface area contributed by atoms with Crippen LogP contribution >= 0.6 is 0 Å². The van der Waals surface area contributed by atoms with E-state index in [4.69, 9.17) is 5.73 Å². The van der Waals surface area contributed by atoms with Crippen LogP contribution in [0.25, 0.3) is 32.9 Å². The average molecular weight is 376 g/mol. The Morgan fingerprint density at radius 1 is 1.29 bits per heavy atom. The number of carbonyl (C=O) groups excluding carboxylic acids is 1. The Bertz CT molecular complexity index is 1250. The molecular weight excluding hydrogens is 359 g/mol. The zero-order valence-corrected chi connectivity index (χ0v) is 15.1. The lowest BCUT2D eigenvalue weighted by molar-refractivity contribution is -0.117. The number of alkyl halides is 1. The van der Waals surface area contributed by atoms with Crippen LogP contribution < -0.4 is 11.1 Å². The van der Waals surface area contributed by atoms with Crippen molar-refractivity contribution >= 4 is 39.2 Å². The fourth-order valence-corrected chi connectivity index (χ4v) is 3.47. The van der Waals surface area contributed by atoms with Gasteiger partial charge in [-0.3, -0.25) is 9.78 Å². The van der Waals surface area contributed by atoms with Crippen molar-refractivity contribution in [3.05, 3.63) is 43.0 Å². The fraction of sp³-hybridized carbons (Fsp3) is 0.200. The molecule has 1 fully saturated rings. The maximum atomic E-state index is 13.1. The highest BCUT2D eigenvalue weighted by Crippen LogP contribution is 2.35. The number of hydrogen-bond acceptors (Lipinski definition) is 5. The third kappa shape index (κ3) is 2.65. The van der Waals surface area contributed by atoms with E-state index in [-0.39, 0.29) is 12.3 Å². The smallest absolute Gasteiger partial charge is 0.231 e. The lowest BCUT2D eigenvalue weighted by Gasteiger charge is -2.10. The molecule has 5 rings (SSSR count). The highest BCUT2D eigenvalue weighted by molar-refractivity contribution is 6.00. The van der Waals surface area contributed by atoms with Crippen LogP contribution in [-0.4, -0.2) is 31.6 Å². The third-order valence-electron chi connectivity index (χ3n) is 5.10. The molecule has 1 aliphatic rings. The van der Waals surface area contributed by atoms with Gasteiger partial charge in [0, 0.05) is 48.2 Å². The molecule has 8 heteroatoms. The lowest BCUT2D eigenvalue weighted by atomic mass is 10.1. The number of amides is 1. The molecule has 1 saturated carbocycles. The Morgan fingerprint density at radius 3 is 2.89 bits per heavy atom. The van der Waals surface area contributed by atoms with E-state index in [2.05, 4.69) is 20.3 Å². The van der Waals surface area contributed by atoms with E-state index in [0.29, 0.717) is 22.7 Å². The standard InChI is InChI=1S/C20H17FN6O/c1-27-3-2-10-7-23-8-14(18(10)27)16-4-11-5-17(24-9-13(11)19(22)25-16)26-20(28)12-6-15(12)21/h2-5,7-9,12,15H,6H2,1H3,(H2,22,25)(H,24,26,28)/t12-,15+/m0/s1. The maximum Gasteiger partial charge on any atom is 0.231 e. The first-order valence-corrected chi connectivity index (χ1v) is 8.92. The molecule has 0 aliphatic heterocycles. The monoisotopic (exact) mass is 376 g/mol. The lowest BCUT2D eigenvalue weighted by Crippen LogP contribution is -2.15. The van der Waals surface area contributed by atoms with Gasteiger partial charge in [0.15, 0.2) is 0 Å². The molecular formula is C20H17FN6O. The average Bonchev–Trinajstić information content (AvgIpc) is 3.30. The van der Waals surface area contributed by atoms with Crippen LogP contribution in [0.4, 0.5) is 16.0 Å². The number of nitrogen functional groups attached to an aromatic ring is 1. The number of carbonyl (C=O) groups is 1. The normalized spacial score (nSPS) is 18.5. The van der Waals surface area contributed by atoms with Crippen LogP contribution in [0.15, 0.2) is 43.0 Å². The summed E-state index contributed by atoms with van der Waals surface area (Å²) >= 11 is 0. The minimum absolute atomic E-state index is 0.272. The van der Waals surface area contributed by atoms with Crippen LogP contribution in [0.1, 0.15) is 6.42 Å². The van der Waals surface area contributed by atoms with Crippen molar-refractivity contribution in [3.8, 4) is 11.3 Å². The summed E-state index contributed by atoms with van der Waals surface area (Å²) in [6.07, 6.45) is 6.32. The molecule has 4 heterocycles. The van der Waals surface area contributed by atoms with Gasteiger partial charge in [-0.05, 0) is 30.0 Å². The van der Waals surface area contributed by atoms with Gasteiger partial charge in [-0.15, -0.1) is 0 Å². The number of nitrogens with zero attached hydrogens (tertiary/aromatic N) is 4. The molecule has 0 saturated heterocycles. The number of fused-ring (bicyclic) bond motifs is 2. The zero-order chi connectivity index (χ0) is 19.4. The topological polar surface area (TPSA) is 98.7 Å². The molecule has 4 aromatic rings. The summed E-state index contributed by atoms with van der Waals surface area (Å²) in [5, 5.41) is 5.15. The number of aromatic nitrogens is 4. The molecule has 4 aromatic heterocycles. The van der Waals surface area contributed by atoms with E-state index < -0.39 is 12.1 Å². The van der Waals surface area contributed by atoms with Crippen LogP contribution in [0.3, 0.4) is 0 Å². The molecule has 0 radical (unpaired) electrons. The molecule has 0 spiro atoms. The molecule has 3 N–H and O–H groups in total.